The van der Waals surface area contributed by atoms with Gasteiger partial charge in [0.05, 0.1) is 0 Å². The molecule has 4 nitrogen and oxygen atoms in total. The summed E-state index contributed by atoms with van der Waals surface area (Å²) in [6, 6.07) is 5.86. The van der Waals surface area contributed by atoms with Crippen LogP contribution in [0, 0.1) is 0 Å². The van der Waals surface area contributed by atoms with Crippen LogP contribution in [0.1, 0.15) is 12.5 Å². The second-order valence-electron chi connectivity index (χ2n) is 4.14. The van der Waals surface area contributed by atoms with Gasteiger partial charge >= 0.3 is 0 Å². The first-order valence-corrected chi connectivity index (χ1v) is 6.45. The van der Waals surface area contributed by atoms with Gasteiger partial charge in [-0.1, -0.05) is 15.9 Å². The molecule has 1 heterocycles. The van der Waals surface area contributed by atoms with Crippen LogP contribution in [-0.4, -0.2) is 25.0 Å². The number of nitrogens with two attached hydrogens (primary N) is 1. The molecule has 1 aromatic rings. The monoisotopic (exact) mass is 297 g/mol. The van der Waals surface area contributed by atoms with Gasteiger partial charge in [0.15, 0.2) is 0 Å². The van der Waals surface area contributed by atoms with Gasteiger partial charge in [0, 0.05) is 29.8 Å². The van der Waals surface area contributed by atoms with E-state index in [1.807, 2.05) is 25.1 Å². The molecule has 0 radical (unpaired) electrons. The lowest BCUT2D eigenvalue weighted by Gasteiger charge is -2.36. The molecule has 0 bridgehead atoms. The number of anilines is 1. The van der Waals surface area contributed by atoms with E-state index in [1.54, 1.807) is 0 Å². The van der Waals surface area contributed by atoms with Gasteiger partial charge in [-0.15, -0.1) is 0 Å². The molecule has 1 atom stereocenters. The maximum absolute atomic E-state index is 11.7. The highest BCUT2D eigenvalue weighted by Gasteiger charge is 2.26. The summed E-state index contributed by atoms with van der Waals surface area (Å²) in [5, 5.41) is 2.86. The van der Waals surface area contributed by atoms with Crippen molar-refractivity contribution < 1.29 is 4.79 Å². The molecule has 3 N–H and O–H groups in total. The van der Waals surface area contributed by atoms with E-state index in [0.29, 0.717) is 13.1 Å². The summed E-state index contributed by atoms with van der Waals surface area (Å²) in [4.78, 5) is 13.8. The number of hydrogen-bond acceptors (Lipinski definition) is 3. The smallest absolute Gasteiger partial charge is 0.242 e. The maximum Gasteiger partial charge on any atom is 0.242 e. The number of nitrogens with zero attached hydrogens (tertiary/aromatic N) is 1. The van der Waals surface area contributed by atoms with Crippen LogP contribution in [0.25, 0.3) is 0 Å². The molecule has 1 saturated heterocycles. The summed E-state index contributed by atoms with van der Waals surface area (Å²) < 4.78 is 1.01. The molecule has 1 unspecified atom stereocenters. The summed E-state index contributed by atoms with van der Waals surface area (Å²) in [6.07, 6.45) is 0. The highest BCUT2D eigenvalue weighted by atomic mass is 79.9. The molecule has 0 saturated carbocycles. The Morgan fingerprint density at radius 1 is 1.59 bits per heavy atom. The van der Waals surface area contributed by atoms with Crippen molar-refractivity contribution in [3.8, 4) is 0 Å². The lowest BCUT2D eigenvalue weighted by atomic mass is 10.1. The first-order chi connectivity index (χ1) is 8.13. The minimum atomic E-state index is -0.143. The van der Waals surface area contributed by atoms with Crippen molar-refractivity contribution in [1.82, 2.24) is 5.32 Å². The fourth-order valence-electron chi connectivity index (χ4n) is 2.11. The standard InChI is InChI=1S/C12H16BrN3O/c1-8-12(17)15-4-5-16(8)11-3-2-10(13)6-9(11)7-14/h2-3,6,8H,4-5,7,14H2,1H3,(H,15,17). The second-order valence-corrected chi connectivity index (χ2v) is 5.05. The van der Waals surface area contributed by atoms with Crippen LogP contribution in [0.4, 0.5) is 5.69 Å². The number of piperazine rings is 1. The van der Waals surface area contributed by atoms with Crippen molar-refractivity contribution in [2.45, 2.75) is 19.5 Å². The van der Waals surface area contributed by atoms with Crippen molar-refractivity contribution in [3.63, 3.8) is 0 Å². The average Bonchev–Trinajstić information content (AvgIpc) is 2.33. The zero-order chi connectivity index (χ0) is 12.4. The number of nitrogens with one attached hydrogen (secondary N) is 1. The first kappa shape index (κ1) is 12.4. The third kappa shape index (κ3) is 2.45. The molecule has 5 heteroatoms. The SMILES string of the molecule is CC1C(=O)NCCN1c1ccc(Br)cc1CN. The molecule has 0 aromatic heterocycles. The average molecular weight is 298 g/mol. The number of rotatable bonds is 2. The zero-order valence-electron chi connectivity index (χ0n) is 9.74. The van der Waals surface area contributed by atoms with E-state index < -0.39 is 0 Å². The fourth-order valence-corrected chi connectivity index (χ4v) is 2.52. The summed E-state index contributed by atoms with van der Waals surface area (Å²) in [6.45, 7) is 3.89. The Hall–Kier alpha value is -1.07. The highest BCUT2D eigenvalue weighted by molar-refractivity contribution is 9.10. The molecule has 2 rings (SSSR count). The summed E-state index contributed by atoms with van der Waals surface area (Å²) in [7, 11) is 0. The van der Waals surface area contributed by atoms with Crippen LogP contribution in [0.15, 0.2) is 22.7 Å². The largest absolute Gasteiger partial charge is 0.358 e. The maximum atomic E-state index is 11.7. The topological polar surface area (TPSA) is 58.4 Å². The molecule has 1 amide bonds. The fraction of sp³-hybridized carbons (Fsp3) is 0.417. The van der Waals surface area contributed by atoms with Crippen molar-refractivity contribution >= 4 is 27.5 Å². The lowest BCUT2D eigenvalue weighted by Crippen LogP contribution is -2.54. The van der Waals surface area contributed by atoms with E-state index in [9.17, 15) is 4.79 Å². The number of carbonyl (C=O) groups is 1. The molecule has 17 heavy (non-hydrogen) atoms. The molecular formula is C12H16BrN3O. The van der Waals surface area contributed by atoms with E-state index in [-0.39, 0.29) is 11.9 Å². The van der Waals surface area contributed by atoms with Gasteiger partial charge in [0.2, 0.25) is 5.91 Å². The van der Waals surface area contributed by atoms with Gasteiger partial charge in [0.25, 0.3) is 0 Å². The Labute approximate surface area is 109 Å². The van der Waals surface area contributed by atoms with E-state index >= 15 is 0 Å². The summed E-state index contributed by atoms with van der Waals surface area (Å²) in [5.41, 5.74) is 7.87. The number of halogens is 1. The van der Waals surface area contributed by atoms with Crippen LogP contribution < -0.4 is 16.0 Å². The van der Waals surface area contributed by atoms with E-state index in [2.05, 4.69) is 26.1 Å². The lowest BCUT2D eigenvalue weighted by molar-refractivity contribution is -0.122. The molecule has 92 valence electrons. The summed E-state index contributed by atoms with van der Waals surface area (Å²) in [5.74, 6) is 0.0714. The van der Waals surface area contributed by atoms with Crippen LogP contribution in [-0.2, 0) is 11.3 Å². The predicted molar refractivity (Wildman–Crippen MR) is 71.9 cm³/mol. The normalized spacial score (nSPS) is 20.3. The van der Waals surface area contributed by atoms with Crippen molar-refractivity contribution in [2.75, 3.05) is 18.0 Å². The number of hydrogen-bond donors (Lipinski definition) is 2. The molecule has 0 spiro atoms. The Morgan fingerprint density at radius 3 is 3.06 bits per heavy atom. The summed E-state index contributed by atoms with van der Waals surface area (Å²) >= 11 is 3.43. The van der Waals surface area contributed by atoms with Crippen LogP contribution in [0.3, 0.4) is 0 Å². The quantitative estimate of drug-likeness (QED) is 0.863. The van der Waals surface area contributed by atoms with Gasteiger partial charge in [-0.25, -0.2) is 0 Å². The Balaban J connectivity index is 2.35. The predicted octanol–water partition coefficient (Wildman–Crippen LogP) is 1.23. The number of carbonyl (C=O) groups excluding carboxylic acids is 1. The molecular weight excluding hydrogens is 282 g/mol. The van der Waals surface area contributed by atoms with Gasteiger partial charge in [-0.3, -0.25) is 4.79 Å². The van der Waals surface area contributed by atoms with Crippen LogP contribution in [0.2, 0.25) is 0 Å². The molecule has 1 aliphatic heterocycles. The zero-order valence-corrected chi connectivity index (χ0v) is 11.3. The number of benzene rings is 1. The Bertz CT molecular complexity index is 436. The van der Waals surface area contributed by atoms with E-state index in [4.69, 9.17) is 5.73 Å². The van der Waals surface area contributed by atoms with E-state index in [0.717, 1.165) is 22.3 Å². The van der Waals surface area contributed by atoms with Crippen molar-refractivity contribution in [1.29, 1.82) is 0 Å². The van der Waals surface area contributed by atoms with E-state index in [1.165, 1.54) is 0 Å². The number of amides is 1. The Kier molecular flexibility index (Phi) is 3.69. The van der Waals surface area contributed by atoms with Gasteiger partial charge in [-0.2, -0.15) is 0 Å². The molecule has 1 aromatic carbocycles. The minimum Gasteiger partial charge on any atom is -0.358 e. The van der Waals surface area contributed by atoms with Crippen molar-refractivity contribution in [3.05, 3.63) is 28.2 Å². The molecule has 1 aliphatic rings. The molecule has 1 fully saturated rings. The Morgan fingerprint density at radius 2 is 2.35 bits per heavy atom. The third-order valence-electron chi connectivity index (χ3n) is 3.07. The third-order valence-corrected chi connectivity index (χ3v) is 3.56. The highest BCUT2D eigenvalue weighted by Crippen LogP contribution is 2.26. The first-order valence-electron chi connectivity index (χ1n) is 5.66. The van der Waals surface area contributed by atoms with Gasteiger partial charge in [0.1, 0.15) is 6.04 Å². The van der Waals surface area contributed by atoms with Crippen LogP contribution >= 0.6 is 15.9 Å². The van der Waals surface area contributed by atoms with Crippen molar-refractivity contribution in [2.24, 2.45) is 5.73 Å². The van der Waals surface area contributed by atoms with Gasteiger partial charge in [-0.05, 0) is 30.7 Å². The molecule has 0 aliphatic carbocycles. The van der Waals surface area contributed by atoms with Gasteiger partial charge < -0.3 is 16.0 Å². The second kappa shape index (κ2) is 5.06. The van der Waals surface area contributed by atoms with Crippen LogP contribution in [0.5, 0.6) is 0 Å². The minimum absolute atomic E-state index is 0.0714.